The number of fused-ring (bicyclic) bond motifs is 2. The van der Waals surface area contributed by atoms with E-state index in [0.717, 1.165) is 49.9 Å². The SMILES string of the molecule is CCc1nnc2n1C[C@H](CNCC1=Cc3ccccc3OC1)CC2. The van der Waals surface area contributed by atoms with E-state index < -0.39 is 0 Å². The summed E-state index contributed by atoms with van der Waals surface area (Å²) < 4.78 is 8.13. The molecule has 0 unspecified atom stereocenters. The second-order valence-electron chi connectivity index (χ2n) is 6.66. The second-order valence-corrected chi connectivity index (χ2v) is 6.66. The fraction of sp³-hybridized carbons (Fsp3) is 0.474. The number of benzene rings is 1. The molecule has 0 saturated carbocycles. The van der Waals surface area contributed by atoms with Gasteiger partial charge >= 0.3 is 0 Å². The molecular weight excluding hydrogens is 300 g/mol. The van der Waals surface area contributed by atoms with Crippen LogP contribution in [0.15, 0.2) is 29.8 Å². The molecule has 5 heteroatoms. The molecular formula is C19H24N4O. The van der Waals surface area contributed by atoms with E-state index in [1.54, 1.807) is 0 Å². The van der Waals surface area contributed by atoms with Crippen LogP contribution in [0.3, 0.4) is 0 Å². The molecule has 3 heterocycles. The lowest BCUT2D eigenvalue weighted by atomic mass is 9.99. The van der Waals surface area contributed by atoms with Crippen molar-refractivity contribution in [2.45, 2.75) is 32.7 Å². The van der Waals surface area contributed by atoms with Crippen molar-refractivity contribution in [2.24, 2.45) is 5.92 Å². The highest BCUT2D eigenvalue weighted by molar-refractivity contribution is 5.62. The van der Waals surface area contributed by atoms with Crippen LogP contribution >= 0.6 is 0 Å². The number of nitrogens with one attached hydrogen (secondary N) is 1. The molecule has 0 fully saturated rings. The van der Waals surface area contributed by atoms with Crippen LogP contribution in [0.1, 0.15) is 30.6 Å². The minimum Gasteiger partial charge on any atom is -0.489 e. The largest absolute Gasteiger partial charge is 0.489 e. The molecule has 0 aliphatic carbocycles. The fourth-order valence-electron chi connectivity index (χ4n) is 3.58. The van der Waals surface area contributed by atoms with E-state index in [0.29, 0.717) is 12.5 Å². The summed E-state index contributed by atoms with van der Waals surface area (Å²) in [6.07, 6.45) is 5.43. The molecule has 0 bridgehead atoms. The van der Waals surface area contributed by atoms with Crippen LogP contribution in [-0.2, 0) is 19.4 Å². The first kappa shape index (κ1) is 15.4. The molecule has 2 aromatic rings. The first-order chi connectivity index (χ1) is 11.8. The maximum Gasteiger partial charge on any atom is 0.133 e. The van der Waals surface area contributed by atoms with Gasteiger partial charge in [-0.25, -0.2) is 0 Å². The van der Waals surface area contributed by atoms with Crippen LogP contribution in [0.2, 0.25) is 0 Å². The Bertz CT molecular complexity index is 736. The highest BCUT2D eigenvalue weighted by atomic mass is 16.5. The standard InChI is InChI=1S/C19H24N4O/c1-2-18-21-22-19-8-7-14(12-23(18)19)10-20-11-15-9-16-5-3-4-6-17(16)24-13-15/h3-6,9,14,20H,2,7-8,10-13H2,1H3/t14-/m0/s1. The molecule has 0 amide bonds. The molecule has 0 radical (unpaired) electrons. The lowest BCUT2D eigenvalue weighted by Crippen LogP contribution is -2.32. The number of hydrogen-bond acceptors (Lipinski definition) is 4. The van der Waals surface area contributed by atoms with Gasteiger partial charge < -0.3 is 14.6 Å². The Balaban J connectivity index is 1.32. The third kappa shape index (κ3) is 3.08. The molecule has 24 heavy (non-hydrogen) atoms. The number of rotatable bonds is 5. The minimum atomic E-state index is 0.649. The lowest BCUT2D eigenvalue weighted by Gasteiger charge is -2.25. The molecule has 126 valence electrons. The Kier molecular flexibility index (Phi) is 4.34. The maximum atomic E-state index is 5.82. The third-order valence-electron chi connectivity index (χ3n) is 4.91. The van der Waals surface area contributed by atoms with E-state index in [9.17, 15) is 0 Å². The van der Waals surface area contributed by atoms with Gasteiger partial charge in [-0.05, 0) is 36.6 Å². The zero-order valence-electron chi connectivity index (χ0n) is 14.2. The molecule has 1 N–H and O–H groups in total. The summed E-state index contributed by atoms with van der Waals surface area (Å²) in [4.78, 5) is 0. The summed E-state index contributed by atoms with van der Waals surface area (Å²) >= 11 is 0. The summed E-state index contributed by atoms with van der Waals surface area (Å²) in [5.41, 5.74) is 2.49. The Hall–Kier alpha value is -2.14. The molecule has 2 aliphatic rings. The van der Waals surface area contributed by atoms with Gasteiger partial charge in [0.05, 0.1) is 0 Å². The van der Waals surface area contributed by atoms with Crippen molar-refractivity contribution in [3.63, 3.8) is 0 Å². The minimum absolute atomic E-state index is 0.649. The number of aryl methyl sites for hydroxylation is 2. The smallest absolute Gasteiger partial charge is 0.133 e. The summed E-state index contributed by atoms with van der Waals surface area (Å²) in [6.45, 7) is 5.79. The molecule has 0 saturated heterocycles. The van der Waals surface area contributed by atoms with Crippen LogP contribution in [0, 0.1) is 5.92 Å². The summed E-state index contributed by atoms with van der Waals surface area (Å²) in [5.74, 6) is 3.91. The van der Waals surface area contributed by atoms with Crippen molar-refractivity contribution in [1.82, 2.24) is 20.1 Å². The first-order valence-corrected chi connectivity index (χ1v) is 8.86. The van der Waals surface area contributed by atoms with E-state index in [4.69, 9.17) is 4.74 Å². The van der Waals surface area contributed by atoms with E-state index in [1.807, 2.05) is 12.1 Å². The van der Waals surface area contributed by atoms with Crippen molar-refractivity contribution in [2.75, 3.05) is 19.7 Å². The topological polar surface area (TPSA) is 52.0 Å². The van der Waals surface area contributed by atoms with E-state index in [1.165, 1.54) is 17.6 Å². The van der Waals surface area contributed by atoms with Gasteiger partial charge in [0.2, 0.25) is 0 Å². The third-order valence-corrected chi connectivity index (χ3v) is 4.91. The molecule has 5 nitrogen and oxygen atoms in total. The van der Waals surface area contributed by atoms with Gasteiger partial charge in [0.25, 0.3) is 0 Å². The predicted octanol–water partition coefficient (Wildman–Crippen LogP) is 2.47. The van der Waals surface area contributed by atoms with Gasteiger partial charge in [-0.1, -0.05) is 25.1 Å². The monoisotopic (exact) mass is 324 g/mol. The summed E-state index contributed by atoms with van der Waals surface area (Å²) in [7, 11) is 0. The zero-order chi connectivity index (χ0) is 16.4. The van der Waals surface area contributed by atoms with Crippen molar-refractivity contribution in [1.29, 1.82) is 0 Å². The number of hydrogen-bond donors (Lipinski definition) is 1. The highest BCUT2D eigenvalue weighted by Gasteiger charge is 2.22. The second kappa shape index (κ2) is 6.77. The molecule has 2 aliphatic heterocycles. The number of para-hydroxylation sites is 1. The van der Waals surface area contributed by atoms with Gasteiger partial charge in [0, 0.05) is 31.5 Å². The first-order valence-electron chi connectivity index (χ1n) is 8.86. The van der Waals surface area contributed by atoms with Crippen LogP contribution in [0.5, 0.6) is 5.75 Å². The van der Waals surface area contributed by atoms with Crippen molar-refractivity contribution >= 4 is 6.08 Å². The van der Waals surface area contributed by atoms with Crippen LogP contribution in [0.25, 0.3) is 6.08 Å². The zero-order valence-corrected chi connectivity index (χ0v) is 14.2. The van der Waals surface area contributed by atoms with Gasteiger partial charge in [-0.15, -0.1) is 10.2 Å². The van der Waals surface area contributed by atoms with Crippen molar-refractivity contribution < 1.29 is 4.74 Å². The van der Waals surface area contributed by atoms with E-state index in [-0.39, 0.29) is 0 Å². The molecule has 1 aromatic carbocycles. The van der Waals surface area contributed by atoms with Crippen LogP contribution in [-0.4, -0.2) is 34.5 Å². The predicted molar refractivity (Wildman–Crippen MR) is 94.0 cm³/mol. The Morgan fingerprint density at radius 1 is 1.29 bits per heavy atom. The van der Waals surface area contributed by atoms with E-state index >= 15 is 0 Å². The molecule has 4 rings (SSSR count). The summed E-state index contributed by atoms with van der Waals surface area (Å²) in [6, 6.07) is 8.21. The number of ether oxygens (including phenoxy) is 1. The average molecular weight is 324 g/mol. The highest BCUT2D eigenvalue weighted by Crippen LogP contribution is 2.25. The number of nitrogens with zero attached hydrogens (tertiary/aromatic N) is 3. The number of aromatic nitrogens is 3. The van der Waals surface area contributed by atoms with Crippen molar-refractivity contribution in [3.8, 4) is 5.75 Å². The van der Waals surface area contributed by atoms with Gasteiger partial charge in [0.15, 0.2) is 0 Å². The Morgan fingerprint density at radius 3 is 3.12 bits per heavy atom. The normalized spacial score (nSPS) is 19.2. The fourth-order valence-corrected chi connectivity index (χ4v) is 3.58. The average Bonchev–Trinajstić information content (AvgIpc) is 3.04. The van der Waals surface area contributed by atoms with Gasteiger partial charge in [0.1, 0.15) is 24.0 Å². The van der Waals surface area contributed by atoms with Crippen molar-refractivity contribution in [3.05, 3.63) is 47.1 Å². The molecule has 0 spiro atoms. The molecule has 1 atom stereocenters. The Morgan fingerprint density at radius 2 is 2.21 bits per heavy atom. The van der Waals surface area contributed by atoms with Crippen LogP contribution in [0.4, 0.5) is 0 Å². The Labute approximate surface area is 142 Å². The van der Waals surface area contributed by atoms with Gasteiger partial charge in [-0.2, -0.15) is 0 Å². The van der Waals surface area contributed by atoms with Crippen LogP contribution < -0.4 is 10.1 Å². The maximum absolute atomic E-state index is 5.82. The quantitative estimate of drug-likeness (QED) is 0.918. The van der Waals surface area contributed by atoms with E-state index in [2.05, 4.69) is 45.2 Å². The summed E-state index contributed by atoms with van der Waals surface area (Å²) in [5, 5.41) is 12.2. The van der Waals surface area contributed by atoms with Gasteiger partial charge in [-0.3, -0.25) is 0 Å². The lowest BCUT2D eigenvalue weighted by molar-refractivity contribution is 0.330. The molecule has 1 aromatic heterocycles.